The summed E-state index contributed by atoms with van der Waals surface area (Å²) in [6.07, 6.45) is 2.05. The van der Waals surface area contributed by atoms with Gasteiger partial charge in [0.05, 0.1) is 0 Å². The highest BCUT2D eigenvalue weighted by Gasteiger charge is 2.26. The molecule has 0 unspecified atom stereocenters. The van der Waals surface area contributed by atoms with Gasteiger partial charge in [-0.05, 0) is 61.1 Å². The first-order valence-corrected chi connectivity index (χ1v) is 8.78. The Hall–Kier alpha value is -2.89. The zero-order chi connectivity index (χ0) is 18.5. The molecule has 0 aromatic heterocycles. The van der Waals surface area contributed by atoms with Crippen molar-refractivity contribution in [3.8, 4) is 0 Å². The van der Waals surface area contributed by atoms with Crippen molar-refractivity contribution >= 4 is 17.6 Å². The Labute approximate surface area is 152 Å². The third kappa shape index (κ3) is 4.59. The summed E-state index contributed by atoms with van der Waals surface area (Å²) in [6.45, 7) is 2.68. The van der Waals surface area contributed by atoms with Gasteiger partial charge in [0, 0.05) is 24.3 Å². The maximum atomic E-state index is 14.0. The second-order valence-electron chi connectivity index (χ2n) is 6.38. The molecule has 26 heavy (non-hydrogen) atoms. The molecule has 1 saturated carbocycles. The van der Waals surface area contributed by atoms with Crippen LogP contribution in [0.2, 0.25) is 0 Å². The zero-order valence-corrected chi connectivity index (χ0v) is 14.6. The standard InChI is InChI=1S/C20H22FN3O2/c1-2-22-19(25)15-5-3-4-13(10-15)12-23-20(26)24-16-8-9-17(14-6-7-14)18(21)11-16/h3-5,8-11,14H,2,6-7,12H2,1H3,(H,22,25)(H2,23,24,26). The van der Waals surface area contributed by atoms with Crippen molar-refractivity contribution < 1.29 is 14.0 Å². The number of rotatable bonds is 6. The molecule has 0 bridgehead atoms. The zero-order valence-electron chi connectivity index (χ0n) is 14.6. The predicted molar refractivity (Wildman–Crippen MR) is 98.7 cm³/mol. The average Bonchev–Trinajstić information content (AvgIpc) is 3.45. The minimum Gasteiger partial charge on any atom is -0.352 e. The normalized spacial score (nSPS) is 13.2. The van der Waals surface area contributed by atoms with Crippen LogP contribution in [0.1, 0.15) is 47.2 Å². The fourth-order valence-electron chi connectivity index (χ4n) is 2.77. The van der Waals surface area contributed by atoms with Crippen LogP contribution in [0.5, 0.6) is 0 Å². The van der Waals surface area contributed by atoms with Crippen molar-refractivity contribution in [3.05, 3.63) is 65.0 Å². The summed E-state index contributed by atoms with van der Waals surface area (Å²) in [5, 5.41) is 8.07. The lowest BCUT2D eigenvalue weighted by Gasteiger charge is -2.10. The molecule has 0 heterocycles. The molecule has 0 radical (unpaired) electrons. The van der Waals surface area contributed by atoms with Gasteiger partial charge in [0.2, 0.25) is 0 Å². The number of halogens is 1. The second kappa shape index (κ2) is 7.99. The molecule has 2 aromatic carbocycles. The molecule has 1 aliphatic carbocycles. The predicted octanol–water partition coefficient (Wildman–Crippen LogP) is 3.77. The Bertz CT molecular complexity index is 818. The van der Waals surface area contributed by atoms with Gasteiger partial charge in [0.25, 0.3) is 5.91 Å². The SMILES string of the molecule is CCNC(=O)c1cccc(CNC(=O)Nc2ccc(C3CC3)c(F)c2)c1. The number of hydrogen-bond acceptors (Lipinski definition) is 2. The molecule has 3 N–H and O–H groups in total. The largest absolute Gasteiger partial charge is 0.352 e. The van der Waals surface area contributed by atoms with Crippen LogP contribution in [0.3, 0.4) is 0 Å². The molecule has 0 aliphatic heterocycles. The highest BCUT2D eigenvalue weighted by molar-refractivity contribution is 5.94. The van der Waals surface area contributed by atoms with E-state index in [0.29, 0.717) is 23.7 Å². The van der Waals surface area contributed by atoms with Gasteiger partial charge in [-0.2, -0.15) is 0 Å². The molecule has 0 spiro atoms. The summed E-state index contributed by atoms with van der Waals surface area (Å²) in [5.74, 6) is -0.0972. The first-order chi connectivity index (χ1) is 12.6. The monoisotopic (exact) mass is 355 g/mol. The van der Waals surface area contributed by atoms with Gasteiger partial charge < -0.3 is 16.0 Å². The molecule has 0 atom stereocenters. The number of nitrogens with one attached hydrogen (secondary N) is 3. The van der Waals surface area contributed by atoms with Crippen molar-refractivity contribution in [2.45, 2.75) is 32.2 Å². The number of benzene rings is 2. The summed E-state index contributed by atoms with van der Waals surface area (Å²) in [6, 6.07) is 11.4. The van der Waals surface area contributed by atoms with E-state index in [2.05, 4.69) is 16.0 Å². The first-order valence-electron chi connectivity index (χ1n) is 8.78. The molecule has 6 heteroatoms. The van der Waals surface area contributed by atoms with Crippen LogP contribution in [0.4, 0.5) is 14.9 Å². The Kier molecular flexibility index (Phi) is 5.51. The molecule has 1 aliphatic rings. The fraction of sp³-hybridized carbons (Fsp3) is 0.300. The second-order valence-corrected chi connectivity index (χ2v) is 6.38. The molecule has 3 rings (SSSR count). The third-order valence-electron chi connectivity index (χ3n) is 4.26. The molecule has 0 saturated heterocycles. The van der Waals surface area contributed by atoms with Crippen LogP contribution in [0.15, 0.2) is 42.5 Å². The van der Waals surface area contributed by atoms with Gasteiger partial charge in [0.15, 0.2) is 0 Å². The fourth-order valence-corrected chi connectivity index (χ4v) is 2.77. The van der Waals surface area contributed by atoms with E-state index in [9.17, 15) is 14.0 Å². The molecule has 2 aromatic rings. The van der Waals surface area contributed by atoms with Crippen molar-refractivity contribution in [3.63, 3.8) is 0 Å². The lowest BCUT2D eigenvalue weighted by atomic mass is 10.1. The highest BCUT2D eigenvalue weighted by Crippen LogP contribution is 2.41. The minimum absolute atomic E-state index is 0.148. The molecule has 136 valence electrons. The van der Waals surface area contributed by atoms with Crippen molar-refractivity contribution in [1.29, 1.82) is 0 Å². The molecular weight excluding hydrogens is 333 g/mol. The van der Waals surface area contributed by atoms with Gasteiger partial charge >= 0.3 is 6.03 Å². The lowest BCUT2D eigenvalue weighted by Crippen LogP contribution is -2.28. The number of urea groups is 1. The molecule has 3 amide bonds. The van der Waals surface area contributed by atoms with E-state index in [-0.39, 0.29) is 18.3 Å². The lowest BCUT2D eigenvalue weighted by molar-refractivity contribution is 0.0955. The van der Waals surface area contributed by atoms with Crippen molar-refractivity contribution in [2.75, 3.05) is 11.9 Å². The molecule has 1 fully saturated rings. The minimum atomic E-state index is -0.424. The maximum Gasteiger partial charge on any atom is 0.319 e. The number of carbonyl (C=O) groups is 2. The summed E-state index contributed by atoms with van der Waals surface area (Å²) < 4.78 is 14.0. The van der Waals surface area contributed by atoms with Crippen molar-refractivity contribution in [2.24, 2.45) is 0 Å². The maximum absolute atomic E-state index is 14.0. The van der Waals surface area contributed by atoms with E-state index >= 15 is 0 Å². The van der Waals surface area contributed by atoms with Gasteiger partial charge in [-0.1, -0.05) is 18.2 Å². The van der Waals surface area contributed by atoms with Gasteiger partial charge in [-0.25, -0.2) is 9.18 Å². The Balaban J connectivity index is 1.55. The number of carbonyl (C=O) groups excluding carboxylic acids is 2. The van der Waals surface area contributed by atoms with Crippen LogP contribution in [-0.4, -0.2) is 18.5 Å². The van der Waals surface area contributed by atoms with Gasteiger partial charge in [-0.15, -0.1) is 0 Å². The Morgan fingerprint density at radius 2 is 1.92 bits per heavy atom. The Morgan fingerprint density at radius 3 is 2.62 bits per heavy atom. The summed E-state index contributed by atoms with van der Waals surface area (Å²) in [5.41, 5.74) is 2.49. The summed E-state index contributed by atoms with van der Waals surface area (Å²) in [7, 11) is 0. The molecular formula is C20H22FN3O2. The van der Waals surface area contributed by atoms with Crippen LogP contribution >= 0.6 is 0 Å². The third-order valence-corrected chi connectivity index (χ3v) is 4.26. The first kappa shape index (κ1) is 17.9. The Morgan fingerprint density at radius 1 is 1.12 bits per heavy atom. The quantitative estimate of drug-likeness (QED) is 0.738. The summed E-state index contributed by atoms with van der Waals surface area (Å²) >= 11 is 0. The van der Waals surface area contributed by atoms with Crippen LogP contribution in [0, 0.1) is 5.82 Å². The molecule has 5 nitrogen and oxygen atoms in total. The smallest absolute Gasteiger partial charge is 0.319 e. The van der Waals surface area contributed by atoms with E-state index in [1.54, 1.807) is 30.3 Å². The number of hydrogen-bond donors (Lipinski definition) is 3. The number of amides is 3. The van der Waals surface area contributed by atoms with E-state index in [1.165, 1.54) is 6.07 Å². The van der Waals surface area contributed by atoms with E-state index in [4.69, 9.17) is 0 Å². The van der Waals surface area contributed by atoms with Gasteiger partial charge in [-0.3, -0.25) is 4.79 Å². The van der Waals surface area contributed by atoms with Crippen LogP contribution in [-0.2, 0) is 6.54 Å². The number of anilines is 1. The van der Waals surface area contributed by atoms with Crippen molar-refractivity contribution in [1.82, 2.24) is 10.6 Å². The van der Waals surface area contributed by atoms with E-state index < -0.39 is 6.03 Å². The van der Waals surface area contributed by atoms with Crippen LogP contribution < -0.4 is 16.0 Å². The topological polar surface area (TPSA) is 70.2 Å². The van der Waals surface area contributed by atoms with E-state index in [1.807, 2.05) is 13.0 Å². The van der Waals surface area contributed by atoms with Gasteiger partial charge in [0.1, 0.15) is 5.82 Å². The van der Waals surface area contributed by atoms with E-state index in [0.717, 1.165) is 24.0 Å². The summed E-state index contributed by atoms with van der Waals surface area (Å²) in [4.78, 5) is 23.9. The van der Waals surface area contributed by atoms with Crippen LogP contribution in [0.25, 0.3) is 0 Å². The highest BCUT2D eigenvalue weighted by atomic mass is 19.1. The average molecular weight is 355 g/mol.